The van der Waals surface area contributed by atoms with Gasteiger partial charge in [0, 0.05) is 5.69 Å². The van der Waals surface area contributed by atoms with Crippen molar-refractivity contribution >= 4 is 33.5 Å². The summed E-state index contributed by atoms with van der Waals surface area (Å²) in [6, 6.07) is 7.55. The van der Waals surface area contributed by atoms with Gasteiger partial charge < -0.3 is 25.6 Å². The number of methoxy groups -OCH3 is 2. The number of nitrogens with two attached hydrogens (primary N) is 2. The maximum atomic E-state index is 12.5. The van der Waals surface area contributed by atoms with Crippen LogP contribution in [0.5, 0.6) is 11.5 Å². The topological polar surface area (TPSA) is 195 Å². The molecule has 0 radical (unpaired) electrons. The molecule has 12 nitrogen and oxygen atoms in total. The molecule has 0 aliphatic rings. The predicted octanol–water partition coefficient (Wildman–Crippen LogP) is -0.367. The molecule has 0 saturated heterocycles. The number of carbonyl (C=O) groups is 2. The number of amides is 2. The van der Waals surface area contributed by atoms with Crippen LogP contribution in [0.15, 0.2) is 46.3 Å². The van der Waals surface area contributed by atoms with Crippen LogP contribution < -0.4 is 31.0 Å². The number of aliphatic hydroxyl groups is 1. The van der Waals surface area contributed by atoms with E-state index in [0.29, 0.717) is 22.6 Å². The molecule has 1 atom stereocenters. The number of ether oxygens (including phenoxy) is 2. The van der Waals surface area contributed by atoms with Crippen LogP contribution in [-0.2, 0) is 26.0 Å². The van der Waals surface area contributed by atoms with Gasteiger partial charge in [0.15, 0.2) is 23.5 Å². The molecule has 0 aliphatic carbocycles. The zero-order valence-electron chi connectivity index (χ0n) is 18.9. The number of rotatable bonds is 9. The Morgan fingerprint density at radius 3 is 2.38 bits per heavy atom. The molecular formula is C21H27N5O7S. The molecule has 0 fully saturated rings. The van der Waals surface area contributed by atoms with Crippen LogP contribution in [0.25, 0.3) is 0 Å². The summed E-state index contributed by atoms with van der Waals surface area (Å²) in [5.41, 5.74) is 7.07. The Kier molecular flexibility index (Phi) is 8.95. The van der Waals surface area contributed by atoms with E-state index in [-0.39, 0.29) is 23.0 Å². The Hall–Kier alpha value is -3.68. The lowest BCUT2D eigenvalue weighted by molar-refractivity contribution is -0.119. The molecule has 0 aromatic heterocycles. The number of nitrogens with zero attached hydrogens (tertiary/aromatic N) is 1. The first-order valence-corrected chi connectivity index (χ1v) is 11.4. The molecule has 0 unspecified atom stereocenters. The van der Waals surface area contributed by atoms with Gasteiger partial charge in [0.2, 0.25) is 15.9 Å². The summed E-state index contributed by atoms with van der Waals surface area (Å²) in [6.45, 7) is 0.925. The number of sulfonamides is 1. The number of aryl methyl sites for hydroxylation is 1. The number of hydrogen-bond donors (Lipinski definition) is 5. The minimum absolute atomic E-state index is 0.0634. The molecule has 0 aliphatic heterocycles. The first kappa shape index (κ1) is 26.6. The third kappa shape index (κ3) is 7.16. The van der Waals surface area contributed by atoms with Gasteiger partial charge in [0.05, 0.1) is 32.1 Å². The molecule has 2 rings (SSSR count). The van der Waals surface area contributed by atoms with Gasteiger partial charge >= 0.3 is 0 Å². The van der Waals surface area contributed by atoms with E-state index in [1.165, 1.54) is 32.4 Å². The van der Waals surface area contributed by atoms with Gasteiger partial charge in [-0.1, -0.05) is 12.1 Å². The lowest BCUT2D eigenvalue weighted by Crippen LogP contribution is -2.41. The van der Waals surface area contributed by atoms with Crippen molar-refractivity contribution in [1.82, 2.24) is 5.32 Å². The minimum Gasteiger partial charge on any atom is -0.493 e. The summed E-state index contributed by atoms with van der Waals surface area (Å²) in [5.74, 6) is -0.700. The van der Waals surface area contributed by atoms with Crippen molar-refractivity contribution in [3.8, 4) is 11.5 Å². The third-order valence-corrected chi connectivity index (χ3v) is 5.56. The molecule has 0 heterocycles. The highest BCUT2D eigenvalue weighted by atomic mass is 32.2. The molecule has 2 aromatic carbocycles. The van der Waals surface area contributed by atoms with E-state index in [1.807, 2.05) is 0 Å². The fraction of sp³-hybridized carbons (Fsp3) is 0.286. The number of carbonyl (C=O) groups excluding carboxylic acids is 2. The summed E-state index contributed by atoms with van der Waals surface area (Å²) in [4.78, 5) is 28.5. The van der Waals surface area contributed by atoms with Crippen molar-refractivity contribution < 1.29 is 32.6 Å². The van der Waals surface area contributed by atoms with Crippen molar-refractivity contribution in [3.05, 3.63) is 47.5 Å². The molecule has 13 heteroatoms. The molecule has 184 valence electrons. The average Bonchev–Trinajstić information content (AvgIpc) is 2.77. The molecule has 7 N–H and O–H groups in total. The van der Waals surface area contributed by atoms with Gasteiger partial charge in [0.1, 0.15) is 0 Å². The number of hydrogen-bond acceptors (Lipinski definition) is 8. The largest absolute Gasteiger partial charge is 0.493 e. The Morgan fingerprint density at radius 2 is 1.79 bits per heavy atom. The van der Waals surface area contributed by atoms with E-state index in [0.717, 1.165) is 0 Å². The quantitative estimate of drug-likeness (QED) is 0.230. The first-order valence-electron chi connectivity index (χ1n) is 9.87. The van der Waals surface area contributed by atoms with Crippen molar-refractivity contribution in [2.45, 2.75) is 24.3 Å². The Morgan fingerprint density at radius 1 is 1.12 bits per heavy atom. The Balaban J connectivity index is 2.08. The van der Waals surface area contributed by atoms with Gasteiger partial charge in [-0.05, 0) is 42.3 Å². The normalized spacial score (nSPS) is 12.6. The summed E-state index contributed by atoms with van der Waals surface area (Å²) < 4.78 is 33.5. The number of primary sulfonamides is 1. The van der Waals surface area contributed by atoms with E-state index in [1.54, 1.807) is 25.1 Å². The first-order chi connectivity index (χ1) is 16.0. The molecular weight excluding hydrogens is 466 g/mol. The van der Waals surface area contributed by atoms with Crippen molar-refractivity contribution in [2.75, 3.05) is 26.1 Å². The van der Waals surface area contributed by atoms with Crippen molar-refractivity contribution in [2.24, 2.45) is 15.9 Å². The summed E-state index contributed by atoms with van der Waals surface area (Å²) in [5, 5.41) is 19.5. The lowest BCUT2D eigenvalue weighted by Gasteiger charge is -2.14. The van der Waals surface area contributed by atoms with Crippen molar-refractivity contribution in [1.29, 1.82) is 0 Å². The molecule has 2 amide bonds. The second-order valence-corrected chi connectivity index (χ2v) is 8.70. The summed E-state index contributed by atoms with van der Waals surface area (Å²) in [7, 11) is -1.02. The van der Waals surface area contributed by atoms with Crippen LogP contribution in [0.1, 0.15) is 11.1 Å². The van der Waals surface area contributed by atoms with E-state index in [4.69, 9.17) is 20.3 Å². The van der Waals surface area contributed by atoms with Crippen LogP contribution in [0, 0.1) is 6.92 Å². The zero-order valence-corrected chi connectivity index (χ0v) is 19.7. The highest BCUT2D eigenvalue weighted by molar-refractivity contribution is 7.89. The number of anilines is 1. The second kappa shape index (κ2) is 11.4. The average molecular weight is 494 g/mol. The number of benzene rings is 2. The fourth-order valence-corrected chi connectivity index (χ4v) is 3.41. The number of aliphatic hydroxyl groups excluding tert-OH is 1. The molecule has 0 saturated carbocycles. The number of guanidine groups is 1. The van der Waals surface area contributed by atoms with Crippen LogP contribution >= 0.6 is 0 Å². The SMILES string of the molecule is COc1ccc(CC(=O)NC(N)=N[C@H](CO)C(=O)Nc2cc(S(N)(=O)=O)ccc2C)cc1OC. The van der Waals surface area contributed by atoms with Gasteiger partial charge in [-0.2, -0.15) is 0 Å². The highest BCUT2D eigenvalue weighted by Crippen LogP contribution is 2.27. The minimum atomic E-state index is -3.98. The Bertz CT molecular complexity index is 1200. The number of aliphatic imine (C=N–C) groups is 1. The smallest absolute Gasteiger partial charge is 0.251 e. The van der Waals surface area contributed by atoms with Crippen LogP contribution in [-0.4, -0.2) is 58.2 Å². The number of nitrogens with one attached hydrogen (secondary N) is 2. The van der Waals surface area contributed by atoms with Gasteiger partial charge in [-0.25, -0.2) is 18.5 Å². The van der Waals surface area contributed by atoms with Gasteiger partial charge in [0.25, 0.3) is 5.91 Å². The summed E-state index contributed by atoms with van der Waals surface area (Å²) >= 11 is 0. The Labute approximate surface area is 197 Å². The van der Waals surface area contributed by atoms with E-state index in [9.17, 15) is 23.1 Å². The third-order valence-electron chi connectivity index (χ3n) is 4.65. The zero-order chi connectivity index (χ0) is 25.5. The molecule has 0 bridgehead atoms. The molecule has 0 spiro atoms. The second-order valence-electron chi connectivity index (χ2n) is 7.14. The standard InChI is InChI=1S/C21H27N5O7S/c1-12-4-6-14(34(23,30)31)10-15(12)24-20(29)16(11-27)25-21(22)26-19(28)9-13-5-7-17(32-2)18(8-13)33-3/h4-8,10,16,27H,9,11H2,1-3H3,(H,24,29)(H2,23,30,31)(H3,22,25,26,28)/t16-/m1/s1. The van der Waals surface area contributed by atoms with E-state index >= 15 is 0 Å². The van der Waals surface area contributed by atoms with Crippen molar-refractivity contribution in [3.63, 3.8) is 0 Å². The van der Waals surface area contributed by atoms with Crippen LogP contribution in [0.2, 0.25) is 0 Å². The van der Waals surface area contributed by atoms with E-state index < -0.39 is 34.5 Å². The van der Waals surface area contributed by atoms with Gasteiger partial charge in [-0.15, -0.1) is 0 Å². The lowest BCUT2D eigenvalue weighted by atomic mass is 10.1. The monoisotopic (exact) mass is 493 g/mol. The van der Waals surface area contributed by atoms with Gasteiger partial charge in [-0.3, -0.25) is 14.9 Å². The molecule has 34 heavy (non-hydrogen) atoms. The maximum Gasteiger partial charge on any atom is 0.251 e. The fourth-order valence-electron chi connectivity index (χ4n) is 2.87. The maximum absolute atomic E-state index is 12.5. The molecule has 2 aromatic rings. The van der Waals surface area contributed by atoms with Crippen LogP contribution in [0.4, 0.5) is 5.69 Å². The highest BCUT2D eigenvalue weighted by Gasteiger charge is 2.20. The summed E-state index contributed by atoms with van der Waals surface area (Å²) in [6.07, 6.45) is -0.0634. The predicted molar refractivity (Wildman–Crippen MR) is 125 cm³/mol. The van der Waals surface area contributed by atoms with E-state index in [2.05, 4.69) is 15.6 Å². The van der Waals surface area contributed by atoms with Crippen LogP contribution in [0.3, 0.4) is 0 Å².